The summed E-state index contributed by atoms with van der Waals surface area (Å²) in [6.45, 7) is 4.04. The molecule has 1 aromatic carbocycles. The lowest BCUT2D eigenvalue weighted by Gasteiger charge is -2.35. The lowest BCUT2D eigenvalue weighted by atomic mass is 9.97. The molecule has 2 atom stereocenters. The number of carboxylic acid groups (broad SMARTS) is 1. The molecule has 0 aliphatic carbocycles. The van der Waals surface area contributed by atoms with E-state index in [0.717, 1.165) is 24.6 Å². The van der Waals surface area contributed by atoms with E-state index in [1.54, 1.807) is 6.92 Å². The third-order valence-electron chi connectivity index (χ3n) is 3.82. The van der Waals surface area contributed by atoms with Crippen LogP contribution in [-0.4, -0.2) is 36.4 Å². The van der Waals surface area contributed by atoms with Crippen LogP contribution < -0.4 is 0 Å². The molecule has 0 spiro atoms. The maximum atomic E-state index is 13.4. The van der Waals surface area contributed by atoms with Crippen LogP contribution in [0.3, 0.4) is 0 Å². The Kier molecular flexibility index (Phi) is 4.34. The summed E-state index contributed by atoms with van der Waals surface area (Å²) in [6.07, 6.45) is 1.63. The van der Waals surface area contributed by atoms with Gasteiger partial charge < -0.3 is 5.11 Å². The standard InChI is InChI=1S/C14H18FNO4S/c1-9-3-4-10(2)16(8-9)21(19,20)13-7-11(15)5-6-12(13)14(17)18/h5-7,9-10H,3-4,8H2,1-2H3,(H,17,18). The molecule has 1 aliphatic heterocycles. The highest BCUT2D eigenvalue weighted by atomic mass is 32.2. The van der Waals surface area contributed by atoms with Crippen molar-refractivity contribution in [2.24, 2.45) is 5.92 Å². The van der Waals surface area contributed by atoms with Gasteiger partial charge in [0.1, 0.15) is 5.82 Å². The first kappa shape index (κ1) is 15.9. The Morgan fingerprint density at radius 3 is 2.62 bits per heavy atom. The van der Waals surface area contributed by atoms with Gasteiger partial charge in [-0.3, -0.25) is 0 Å². The molecule has 0 saturated carbocycles. The number of sulfonamides is 1. The number of aromatic carboxylic acids is 1. The van der Waals surface area contributed by atoms with E-state index in [9.17, 15) is 17.6 Å². The van der Waals surface area contributed by atoms with E-state index in [4.69, 9.17) is 5.11 Å². The quantitative estimate of drug-likeness (QED) is 0.929. The number of nitrogens with zero attached hydrogens (tertiary/aromatic N) is 1. The Morgan fingerprint density at radius 2 is 2.00 bits per heavy atom. The van der Waals surface area contributed by atoms with Gasteiger partial charge in [-0.1, -0.05) is 6.92 Å². The number of piperidine rings is 1. The summed E-state index contributed by atoms with van der Waals surface area (Å²) < 4.78 is 40.1. The molecule has 7 heteroatoms. The van der Waals surface area contributed by atoms with Gasteiger partial charge in [0.2, 0.25) is 10.0 Å². The minimum absolute atomic E-state index is 0.192. The minimum Gasteiger partial charge on any atom is -0.478 e. The highest BCUT2D eigenvalue weighted by Crippen LogP contribution is 2.29. The summed E-state index contributed by atoms with van der Waals surface area (Å²) in [6, 6.07) is 2.49. The maximum absolute atomic E-state index is 13.4. The molecule has 2 unspecified atom stereocenters. The fourth-order valence-electron chi connectivity index (χ4n) is 2.60. The van der Waals surface area contributed by atoms with Crippen LogP contribution in [0.15, 0.2) is 23.1 Å². The van der Waals surface area contributed by atoms with Gasteiger partial charge in [0.25, 0.3) is 0 Å². The second kappa shape index (κ2) is 5.73. The molecule has 0 radical (unpaired) electrons. The lowest BCUT2D eigenvalue weighted by molar-refractivity contribution is 0.0692. The highest BCUT2D eigenvalue weighted by Gasteiger charge is 2.36. The molecule has 0 bridgehead atoms. The Bertz CT molecular complexity index is 659. The van der Waals surface area contributed by atoms with Crippen molar-refractivity contribution in [1.29, 1.82) is 0 Å². The van der Waals surface area contributed by atoms with Crippen LogP contribution in [0, 0.1) is 11.7 Å². The first-order chi connectivity index (χ1) is 9.73. The third kappa shape index (κ3) is 3.08. The Balaban J connectivity index is 2.53. The van der Waals surface area contributed by atoms with Crippen molar-refractivity contribution in [2.75, 3.05) is 6.54 Å². The molecule has 21 heavy (non-hydrogen) atoms. The number of hydrogen-bond acceptors (Lipinski definition) is 3. The van der Waals surface area contributed by atoms with Crippen LogP contribution in [0.4, 0.5) is 4.39 Å². The molecule has 116 valence electrons. The topological polar surface area (TPSA) is 74.7 Å². The Hall–Kier alpha value is -1.47. The number of halogens is 1. The molecule has 1 aromatic rings. The predicted octanol–water partition coefficient (Wildman–Crippen LogP) is 2.33. The van der Waals surface area contributed by atoms with Gasteiger partial charge in [0.05, 0.1) is 10.5 Å². The molecule has 5 nitrogen and oxygen atoms in total. The van der Waals surface area contributed by atoms with Crippen molar-refractivity contribution in [3.63, 3.8) is 0 Å². The molecular weight excluding hydrogens is 297 g/mol. The van der Waals surface area contributed by atoms with E-state index in [-0.39, 0.29) is 12.0 Å². The molecule has 1 N–H and O–H groups in total. The van der Waals surface area contributed by atoms with E-state index in [1.165, 1.54) is 4.31 Å². The van der Waals surface area contributed by atoms with Crippen molar-refractivity contribution in [2.45, 2.75) is 37.6 Å². The summed E-state index contributed by atoms with van der Waals surface area (Å²) in [5.74, 6) is -1.96. The largest absolute Gasteiger partial charge is 0.478 e. The van der Waals surface area contributed by atoms with E-state index in [1.807, 2.05) is 6.92 Å². The summed E-state index contributed by atoms with van der Waals surface area (Å²) in [7, 11) is -4.03. The van der Waals surface area contributed by atoms with Gasteiger partial charge in [-0.15, -0.1) is 0 Å². The van der Waals surface area contributed by atoms with Gasteiger partial charge in [-0.25, -0.2) is 17.6 Å². The molecule has 1 aliphatic rings. The first-order valence-electron chi connectivity index (χ1n) is 6.78. The first-order valence-corrected chi connectivity index (χ1v) is 8.22. The van der Waals surface area contributed by atoms with Crippen LogP contribution in [0.1, 0.15) is 37.0 Å². The van der Waals surface area contributed by atoms with Crippen molar-refractivity contribution >= 4 is 16.0 Å². The van der Waals surface area contributed by atoms with Crippen LogP contribution in [0.25, 0.3) is 0 Å². The fourth-order valence-corrected chi connectivity index (χ4v) is 4.57. The van der Waals surface area contributed by atoms with E-state index in [0.29, 0.717) is 13.0 Å². The fraction of sp³-hybridized carbons (Fsp3) is 0.500. The lowest BCUT2D eigenvalue weighted by Crippen LogP contribution is -2.45. The van der Waals surface area contributed by atoms with Gasteiger partial charge in [-0.05, 0) is 43.9 Å². The van der Waals surface area contributed by atoms with Crippen LogP contribution >= 0.6 is 0 Å². The number of hydrogen-bond donors (Lipinski definition) is 1. The van der Waals surface area contributed by atoms with Gasteiger partial charge >= 0.3 is 5.97 Å². The molecule has 0 amide bonds. The van der Waals surface area contributed by atoms with E-state index in [2.05, 4.69) is 0 Å². The second-order valence-corrected chi connectivity index (χ2v) is 7.41. The number of rotatable bonds is 3. The molecule has 2 rings (SSSR count). The average molecular weight is 315 g/mol. The van der Waals surface area contributed by atoms with Crippen molar-refractivity contribution in [3.8, 4) is 0 Å². The molecular formula is C14H18FNO4S. The predicted molar refractivity (Wildman–Crippen MR) is 75.1 cm³/mol. The number of carboxylic acids is 1. The molecule has 1 saturated heterocycles. The van der Waals surface area contributed by atoms with Gasteiger partial charge in [0, 0.05) is 12.6 Å². The minimum atomic E-state index is -4.03. The molecule has 1 heterocycles. The summed E-state index contributed by atoms with van der Waals surface area (Å²) in [5, 5.41) is 9.13. The second-order valence-electron chi connectivity index (χ2n) is 5.55. The zero-order valence-electron chi connectivity index (χ0n) is 11.9. The molecule has 1 fully saturated rings. The van der Waals surface area contributed by atoms with Crippen LogP contribution in [0.5, 0.6) is 0 Å². The van der Waals surface area contributed by atoms with Crippen LogP contribution in [-0.2, 0) is 10.0 Å². The van der Waals surface area contributed by atoms with Gasteiger partial charge in [0.15, 0.2) is 0 Å². The van der Waals surface area contributed by atoms with E-state index < -0.39 is 32.3 Å². The summed E-state index contributed by atoms with van der Waals surface area (Å²) in [4.78, 5) is 10.7. The normalized spacial score (nSPS) is 24.0. The van der Waals surface area contributed by atoms with E-state index >= 15 is 0 Å². The zero-order valence-corrected chi connectivity index (χ0v) is 12.7. The van der Waals surface area contributed by atoms with Crippen molar-refractivity contribution in [3.05, 3.63) is 29.6 Å². The number of benzene rings is 1. The highest BCUT2D eigenvalue weighted by molar-refractivity contribution is 7.89. The monoisotopic (exact) mass is 315 g/mol. The average Bonchev–Trinajstić information content (AvgIpc) is 2.41. The zero-order chi connectivity index (χ0) is 15.8. The van der Waals surface area contributed by atoms with Crippen LogP contribution in [0.2, 0.25) is 0 Å². The van der Waals surface area contributed by atoms with Crippen molar-refractivity contribution < 1.29 is 22.7 Å². The Labute approximate surface area is 123 Å². The molecule has 0 aromatic heterocycles. The Morgan fingerprint density at radius 1 is 1.33 bits per heavy atom. The SMILES string of the molecule is CC1CCC(C)N(S(=O)(=O)c2cc(F)ccc2C(=O)O)C1. The summed E-state index contributed by atoms with van der Waals surface area (Å²) >= 11 is 0. The van der Waals surface area contributed by atoms with Crippen molar-refractivity contribution in [1.82, 2.24) is 4.31 Å². The van der Waals surface area contributed by atoms with Gasteiger partial charge in [-0.2, -0.15) is 4.31 Å². The maximum Gasteiger partial charge on any atom is 0.337 e. The smallest absolute Gasteiger partial charge is 0.337 e. The third-order valence-corrected chi connectivity index (χ3v) is 5.84. The summed E-state index contributed by atoms with van der Waals surface area (Å²) in [5.41, 5.74) is -0.401. The number of carbonyl (C=O) groups is 1.